The normalized spacial score (nSPS) is 19.4. The number of allylic oxidation sites excluding steroid dienone is 2. The van der Waals surface area contributed by atoms with Gasteiger partial charge in [-0.2, -0.15) is 0 Å². The van der Waals surface area contributed by atoms with Gasteiger partial charge in [0.05, 0.1) is 20.8 Å². The number of ether oxygens (including phenoxy) is 3. The fraction of sp³-hybridized carbons (Fsp3) is 0.333. The molecule has 2 atom stereocenters. The van der Waals surface area contributed by atoms with Crippen LogP contribution in [0.1, 0.15) is 29.7 Å². The molecule has 0 amide bonds. The molecular weight excluding hydrogens is 364 g/mol. The molecule has 0 bridgehead atoms. The second kappa shape index (κ2) is 8.39. The Morgan fingerprint density at radius 1 is 1.19 bits per heavy atom. The van der Waals surface area contributed by atoms with Gasteiger partial charge >= 0.3 is 5.97 Å². The van der Waals surface area contributed by atoms with Gasteiger partial charge < -0.3 is 14.2 Å². The standard InChI is InChI=1S/C21H22O5S/c1-4-26-21(23)19-15(14-7-5-8-17(24-2)20(14)25-3)11-13(12-16(19)22)18-9-6-10-27-18/h5-10,12,15,19H,4,11H2,1-3H3/t15-,19+/m1/s1. The third kappa shape index (κ3) is 3.76. The lowest BCUT2D eigenvalue weighted by Gasteiger charge is -2.30. The Kier molecular flexibility index (Phi) is 5.96. The van der Waals surface area contributed by atoms with Crippen molar-refractivity contribution in [1.29, 1.82) is 0 Å². The van der Waals surface area contributed by atoms with Crippen LogP contribution in [0.3, 0.4) is 0 Å². The summed E-state index contributed by atoms with van der Waals surface area (Å²) in [6.45, 7) is 1.96. The van der Waals surface area contributed by atoms with Crippen LogP contribution in [0.4, 0.5) is 0 Å². The van der Waals surface area contributed by atoms with Crippen LogP contribution in [0.15, 0.2) is 41.8 Å². The smallest absolute Gasteiger partial charge is 0.317 e. The lowest BCUT2D eigenvalue weighted by Crippen LogP contribution is -2.34. The van der Waals surface area contributed by atoms with E-state index >= 15 is 0 Å². The van der Waals surface area contributed by atoms with E-state index in [9.17, 15) is 9.59 Å². The summed E-state index contributed by atoms with van der Waals surface area (Å²) in [5.41, 5.74) is 1.69. The molecule has 1 aliphatic carbocycles. The molecule has 3 rings (SSSR count). The minimum Gasteiger partial charge on any atom is -0.493 e. The summed E-state index contributed by atoms with van der Waals surface area (Å²) in [7, 11) is 3.12. The fourth-order valence-electron chi connectivity index (χ4n) is 3.51. The number of esters is 1. The number of hydrogen-bond donors (Lipinski definition) is 0. The first kappa shape index (κ1) is 19.2. The summed E-state index contributed by atoms with van der Waals surface area (Å²) in [5.74, 6) is -0.910. The molecule has 0 aliphatic heterocycles. The van der Waals surface area contributed by atoms with Gasteiger partial charge in [-0.25, -0.2) is 0 Å². The van der Waals surface area contributed by atoms with Crippen molar-refractivity contribution < 1.29 is 23.8 Å². The number of methoxy groups -OCH3 is 2. The van der Waals surface area contributed by atoms with Crippen LogP contribution < -0.4 is 9.47 Å². The van der Waals surface area contributed by atoms with Crippen LogP contribution in [0, 0.1) is 5.92 Å². The third-order valence-electron chi connectivity index (χ3n) is 4.68. The van der Waals surface area contributed by atoms with Crippen LogP contribution in [0.5, 0.6) is 11.5 Å². The predicted molar refractivity (Wildman–Crippen MR) is 104 cm³/mol. The highest BCUT2D eigenvalue weighted by molar-refractivity contribution is 7.11. The molecule has 0 fully saturated rings. The van der Waals surface area contributed by atoms with Gasteiger partial charge in [-0.05, 0) is 42.5 Å². The predicted octanol–water partition coefficient (Wildman–Crippen LogP) is 4.08. The van der Waals surface area contributed by atoms with Crippen molar-refractivity contribution in [2.24, 2.45) is 5.92 Å². The van der Waals surface area contributed by atoms with Crippen molar-refractivity contribution in [2.45, 2.75) is 19.3 Å². The number of thiophene rings is 1. The average molecular weight is 386 g/mol. The molecule has 0 N–H and O–H groups in total. The highest BCUT2D eigenvalue weighted by Crippen LogP contribution is 2.46. The fourth-order valence-corrected chi connectivity index (χ4v) is 4.27. The Labute approximate surface area is 162 Å². The summed E-state index contributed by atoms with van der Waals surface area (Å²) in [4.78, 5) is 26.5. The number of rotatable bonds is 6. The monoisotopic (exact) mass is 386 g/mol. The molecule has 5 nitrogen and oxygen atoms in total. The van der Waals surface area contributed by atoms with Gasteiger partial charge in [-0.15, -0.1) is 11.3 Å². The number of benzene rings is 1. The summed E-state index contributed by atoms with van der Waals surface area (Å²) < 4.78 is 16.2. The zero-order chi connectivity index (χ0) is 19.4. The van der Waals surface area contributed by atoms with E-state index in [-0.39, 0.29) is 18.3 Å². The topological polar surface area (TPSA) is 61.8 Å². The van der Waals surface area contributed by atoms with E-state index in [0.29, 0.717) is 17.9 Å². The summed E-state index contributed by atoms with van der Waals surface area (Å²) in [6.07, 6.45) is 2.12. The Bertz CT molecular complexity index is 853. The molecule has 1 aromatic carbocycles. The number of para-hydroxylation sites is 1. The average Bonchev–Trinajstić information content (AvgIpc) is 3.21. The Hall–Kier alpha value is -2.60. The first-order valence-electron chi connectivity index (χ1n) is 8.76. The highest BCUT2D eigenvalue weighted by atomic mass is 32.1. The number of ketones is 1. The highest BCUT2D eigenvalue weighted by Gasteiger charge is 2.41. The Morgan fingerprint density at radius 2 is 2.00 bits per heavy atom. The Morgan fingerprint density at radius 3 is 2.63 bits per heavy atom. The van der Waals surface area contributed by atoms with Gasteiger partial charge in [-0.1, -0.05) is 18.2 Å². The van der Waals surface area contributed by atoms with E-state index < -0.39 is 11.9 Å². The van der Waals surface area contributed by atoms with E-state index in [1.165, 1.54) is 0 Å². The van der Waals surface area contributed by atoms with Gasteiger partial charge in [0.15, 0.2) is 17.3 Å². The molecular formula is C21H22O5S. The maximum atomic E-state index is 12.9. The largest absolute Gasteiger partial charge is 0.493 e. The lowest BCUT2D eigenvalue weighted by molar-refractivity contribution is -0.151. The zero-order valence-corrected chi connectivity index (χ0v) is 16.4. The first-order valence-corrected chi connectivity index (χ1v) is 9.64. The number of hydrogen-bond acceptors (Lipinski definition) is 6. The molecule has 6 heteroatoms. The van der Waals surface area contributed by atoms with Crippen LogP contribution in [0.2, 0.25) is 0 Å². The quantitative estimate of drug-likeness (QED) is 0.553. The van der Waals surface area contributed by atoms with Crippen molar-refractivity contribution in [3.05, 3.63) is 52.2 Å². The van der Waals surface area contributed by atoms with Crippen molar-refractivity contribution >= 4 is 28.7 Å². The van der Waals surface area contributed by atoms with Gasteiger partial charge in [0.25, 0.3) is 0 Å². The molecule has 1 aromatic heterocycles. The van der Waals surface area contributed by atoms with Crippen LogP contribution in [-0.2, 0) is 14.3 Å². The molecule has 27 heavy (non-hydrogen) atoms. The summed E-state index contributed by atoms with van der Waals surface area (Å²) >= 11 is 1.57. The van der Waals surface area contributed by atoms with Crippen molar-refractivity contribution in [2.75, 3.05) is 20.8 Å². The minimum absolute atomic E-state index is 0.228. The van der Waals surface area contributed by atoms with Crippen LogP contribution in [-0.4, -0.2) is 32.6 Å². The van der Waals surface area contributed by atoms with E-state index in [2.05, 4.69) is 0 Å². The van der Waals surface area contributed by atoms with Gasteiger partial charge in [0.2, 0.25) is 0 Å². The zero-order valence-electron chi connectivity index (χ0n) is 15.6. The molecule has 1 heterocycles. The van der Waals surface area contributed by atoms with Crippen molar-refractivity contribution in [1.82, 2.24) is 0 Å². The minimum atomic E-state index is -0.894. The molecule has 0 unspecified atom stereocenters. The van der Waals surface area contributed by atoms with Crippen molar-refractivity contribution in [3.63, 3.8) is 0 Å². The number of carbonyl (C=O) groups excluding carboxylic acids is 2. The van der Waals surface area contributed by atoms with Crippen LogP contribution in [0.25, 0.3) is 5.57 Å². The second-order valence-electron chi connectivity index (χ2n) is 6.17. The van der Waals surface area contributed by atoms with Crippen LogP contribution >= 0.6 is 11.3 Å². The van der Waals surface area contributed by atoms with E-state index in [0.717, 1.165) is 16.0 Å². The summed E-state index contributed by atoms with van der Waals surface area (Å²) in [5, 5.41) is 1.97. The molecule has 0 saturated heterocycles. The molecule has 0 spiro atoms. The third-order valence-corrected chi connectivity index (χ3v) is 5.62. The molecule has 142 valence electrons. The lowest BCUT2D eigenvalue weighted by atomic mass is 9.74. The van der Waals surface area contributed by atoms with Gasteiger partial charge in [0, 0.05) is 16.4 Å². The molecule has 1 aliphatic rings. The molecule has 0 radical (unpaired) electrons. The van der Waals surface area contributed by atoms with E-state index in [1.807, 2.05) is 29.6 Å². The second-order valence-corrected chi connectivity index (χ2v) is 7.12. The van der Waals surface area contributed by atoms with Gasteiger partial charge in [-0.3, -0.25) is 9.59 Å². The Balaban J connectivity index is 2.10. The summed E-state index contributed by atoms with van der Waals surface area (Å²) in [6, 6.07) is 9.44. The van der Waals surface area contributed by atoms with Gasteiger partial charge in [0.1, 0.15) is 5.92 Å². The maximum Gasteiger partial charge on any atom is 0.317 e. The molecule has 0 saturated carbocycles. The number of carbonyl (C=O) groups is 2. The first-order chi connectivity index (χ1) is 13.1. The van der Waals surface area contributed by atoms with E-state index in [4.69, 9.17) is 14.2 Å². The SMILES string of the molecule is CCOC(=O)[C@@H]1C(=O)C=C(c2cccs2)C[C@@H]1c1cccc(OC)c1OC. The maximum absolute atomic E-state index is 12.9. The molecule has 2 aromatic rings. The van der Waals surface area contributed by atoms with E-state index in [1.54, 1.807) is 44.6 Å². The van der Waals surface area contributed by atoms with Crippen molar-refractivity contribution in [3.8, 4) is 11.5 Å².